The van der Waals surface area contributed by atoms with E-state index in [1.807, 2.05) is 0 Å². The Morgan fingerprint density at radius 3 is 2.67 bits per heavy atom. The first-order valence-corrected chi connectivity index (χ1v) is 6.08. The smallest absolute Gasteiger partial charge is 0.285 e. The predicted molar refractivity (Wildman–Crippen MR) is 63.8 cm³/mol. The molecule has 1 saturated heterocycles. The van der Waals surface area contributed by atoms with Crippen molar-refractivity contribution in [3.8, 4) is 0 Å². The fraction of sp³-hybridized carbons (Fsp3) is 0.417. The van der Waals surface area contributed by atoms with Crippen LogP contribution in [0.5, 0.6) is 0 Å². The van der Waals surface area contributed by atoms with Gasteiger partial charge in [0.05, 0.1) is 12.1 Å². The molecule has 1 aliphatic heterocycles. The van der Waals surface area contributed by atoms with E-state index in [-0.39, 0.29) is 11.0 Å². The van der Waals surface area contributed by atoms with Crippen LogP contribution in [0.1, 0.15) is 0 Å². The SMILES string of the molecule is OC[C@H]1O[C@](O)(n2cnc3c(F)cc(F)cc32)[C@H](O)[C@@H]1O. The van der Waals surface area contributed by atoms with Crippen LogP contribution < -0.4 is 0 Å². The van der Waals surface area contributed by atoms with Gasteiger partial charge in [0.2, 0.25) is 0 Å². The molecular weight excluding hydrogens is 290 g/mol. The summed E-state index contributed by atoms with van der Waals surface area (Å²) in [5.74, 6) is -4.35. The summed E-state index contributed by atoms with van der Waals surface area (Å²) in [6, 6.07) is 1.53. The van der Waals surface area contributed by atoms with Crippen molar-refractivity contribution in [2.24, 2.45) is 0 Å². The number of rotatable bonds is 2. The Kier molecular flexibility index (Phi) is 3.19. The van der Waals surface area contributed by atoms with Gasteiger partial charge in [-0.05, 0) is 0 Å². The van der Waals surface area contributed by atoms with Crippen LogP contribution in [0.4, 0.5) is 8.78 Å². The quantitative estimate of drug-likeness (QED) is 0.568. The molecule has 2 aromatic rings. The average molecular weight is 302 g/mol. The maximum atomic E-state index is 13.6. The summed E-state index contributed by atoms with van der Waals surface area (Å²) >= 11 is 0. The Bertz CT molecular complexity index is 694. The Balaban J connectivity index is 2.16. The summed E-state index contributed by atoms with van der Waals surface area (Å²) in [6.07, 6.45) is -3.71. The van der Waals surface area contributed by atoms with Crippen molar-refractivity contribution < 1.29 is 33.9 Å². The number of ether oxygens (including phenoxy) is 1. The number of benzene rings is 1. The summed E-state index contributed by atoms with van der Waals surface area (Å²) in [7, 11) is 0. The molecule has 1 fully saturated rings. The first kappa shape index (κ1) is 14.3. The molecule has 4 atom stereocenters. The van der Waals surface area contributed by atoms with E-state index in [4.69, 9.17) is 9.84 Å². The molecule has 114 valence electrons. The summed E-state index contributed by atoms with van der Waals surface area (Å²) < 4.78 is 32.8. The van der Waals surface area contributed by atoms with Crippen LogP contribution in [0.3, 0.4) is 0 Å². The molecule has 0 saturated carbocycles. The van der Waals surface area contributed by atoms with E-state index in [2.05, 4.69) is 4.98 Å². The monoisotopic (exact) mass is 302 g/mol. The van der Waals surface area contributed by atoms with Crippen molar-refractivity contribution >= 4 is 11.0 Å². The fourth-order valence-corrected chi connectivity index (χ4v) is 2.43. The van der Waals surface area contributed by atoms with Gasteiger partial charge in [-0.15, -0.1) is 0 Å². The molecule has 1 aromatic heterocycles. The normalized spacial score (nSPS) is 33.0. The van der Waals surface area contributed by atoms with Crippen LogP contribution in [0.15, 0.2) is 18.5 Å². The van der Waals surface area contributed by atoms with Gasteiger partial charge in [0.25, 0.3) is 5.91 Å². The van der Waals surface area contributed by atoms with Crippen molar-refractivity contribution in [3.63, 3.8) is 0 Å². The van der Waals surface area contributed by atoms with Crippen LogP contribution >= 0.6 is 0 Å². The lowest BCUT2D eigenvalue weighted by atomic mass is 10.1. The molecule has 4 N–H and O–H groups in total. The highest BCUT2D eigenvalue weighted by atomic mass is 19.1. The largest absolute Gasteiger partial charge is 0.394 e. The van der Waals surface area contributed by atoms with E-state index < -0.39 is 42.5 Å². The minimum Gasteiger partial charge on any atom is -0.394 e. The van der Waals surface area contributed by atoms with Crippen LogP contribution in [0.25, 0.3) is 11.0 Å². The van der Waals surface area contributed by atoms with E-state index >= 15 is 0 Å². The lowest BCUT2D eigenvalue weighted by Crippen LogP contribution is -2.45. The number of halogens is 2. The van der Waals surface area contributed by atoms with E-state index in [9.17, 15) is 24.1 Å². The van der Waals surface area contributed by atoms with Gasteiger partial charge in [-0.2, -0.15) is 0 Å². The van der Waals surface area contributed by atoms with Gasteiger partial charge in [0.1, 0.15) is 29.9 Å². The molecule has 9 heteroatoms. The first-order valence-electron chi connectivity index (χ1n) is 6.08. The molecule has 0 aliphatic carbocycles. The molecule has 1 aliphatic rings. The summed E-state index contributed by atoms with van der Waals surface area (Å²) in [4.78, 5) is 3.69. The molecule has 2 heterocycles. The second-order valence-electron chi connectivity index (χ2n) is 4.80. The number of hydrogen-bond acceptors (Lipinski definition) is 6. The van der Waals surface area contributed by atoms with Crippen LogP contribution in [-0.4, -0.2) is 54.9 Å². The Morgan fingerprint density at radius 2 is 2.05 bits per heavy atom. The van der Waals surface area contributed by atoms with Gasteiger partial charge in [-0.1, -0.05) is 0 Å². The molecule has 0 bridgehead atoms. The summed E-state index contributed by atoms with van der Waals surface area (Å²) in [5.41, 5.74) is -0.401. The zero-order valence-corrected chi connectivity index (χ0v) is 10.5. The number of aliphatic hydroxyl groups excluding tert-OH is 3. The van der Waals surface area contributed by atoms with E-state index in [0.29, 0.717) is 6.07 Å². The standard InChI is InChI=1S/C12H12F2N2O5/c13-5-1-6(14)9-7(2-5)16(4-15-9)12(20)11(19)10(18)8(3-17)21-12/h1-2,4,8,10-11,17-20H,3H2/t8-,10-,11-,12+/m1/s1. The molecule has 0 radical (unpaired) electrons. The molecular formula is C12H12F2N2O5. The lowest BCUT2D eigenvalue weighted by Gasteiger charge is -2.27. The topological polar surface area (TPSA) is 108 Å². The van der Waals surface area contributed by atoms with Crippen LogP contribution in [0, 0.1) is 11.6 Å². The van der Waals surface area contributed by atoms with E-state index in [1.54, 1.807) is 0 Å². The number of imidazole rings is 1. The second-order valence-corrected chi connectivity index (χ2v) is 4.80. The minimum atomic E-state index is -2.50. The molecule has 21 heavy (non-hydrogen) atoms. The third kappa shape index (κ3) is 1.93. The molecule has 0 unspecified atom stereocenters. The Labute approximate surface area is 116 Å². The summed E-state index contributed by atoms with van der Waals surface area (Å²) in [5, 5.41) is 39.1. The average Bonchev–Trinajstić information content (AvgIpc) is 2.95. The zero-order chi connectivity index (χ0) is 15.4. The van der Waals surface area contributed by atoms with Gasteiger partial charge < -0.3 is 25.2 Å². The fourth-order valence-electron chi connectivity index (χ4n) is 2.43. The highest BCUT2D eigenvalue weighted by molar-refractivity contribution is 5.76. The molecule has 0 amide bonds. The van der Waals surface area contributed by atoms with Crippen LogP contribution in [0.2, 0.25) is 0 Å². The van der Waals surface area contributed by atoms with Crippen molar-refractivity contribution in [1.29, 1.82) is 0 Å². The van der Waals surface area contributed by atoms with Gasteiger partial charge in [-0.3, -0.25) is 4.57 Å². The lowest BCUT2D eigenvalue weighted by molar-refractivity contribution is -0.286. The number of fused-ring (bicyclic) bond motifs is 1. The van der Waals surface area contributed by atoms with Crippen molar-refractivity contribution in [1.82, 2.24) is 9.55 Å². The minimum absolute atomic E-state index is 0.167. The number of aliphatic hydroxyl groups is 4. The van der Waals surface area contributed by atoms with E-state index in [0.717, 1.165) is 17.0 Å². The maximum Gasteiger partial charge on any atom is 0.285 e. The third-order valence-corrected chi connectivity index (χ3v) is 3.51. The van der Waals surface area contributed by atoms with Crippen molar-refractivity contribution in [2.75, 3.05) is 6.61 Å². The highest BCUT2D eigenvalue weighted by Gasteiger charge is 2.55. The van der Waals surface area contributed by atoms with Crippen molar-refractivity contribution in [2.45, 2.75) is 24.2 Å². The zero-order valence-electron chi connectivity index (χ0n) is 10.5. The van der Waals surface area contributed by atoms with Gasteiger partial charge in [-0.25, -0.2) is 13.8 Å². The number of hydrogen-bond donors (Lipinski definition) is 4. The maximum absolute atomic E-state index is 13.6. The number of aromatic nitrogens is 2. The second kappa shape index (κ2) is 4.68. The molecule has 1 aromatic carbocycles. The Hall–Kier alpha value is -1.65. The van der Waals surface area contributed by atoms with Crippen LogP contribution in [-0.2, 0) is 10.6 Å². The number of nitrogens with zero attached hydrogens (tertiary/aromatic N) is 2. The molecule has 7 nitrogen and oxygen atoms in total. The molecule has 0 spiro atoms. The van der Waals surface area contributed by atoms with Gasteiger partial charge in [0, 0.05) is 12.1 Å². The third-order valence-electron chi connectivity index (χ3n) is 3.51. The van der Waals surface area contributed by atoms with E-state index in [1.165, 1.54) is 0 Å². The first-order chi connectivity index (χ1) is 9.88. The molecule has 3 rings (SSSR count). The van der Waals surface area contributed by atoms with Crippen molar-refractivity contribution in [3.05, 3.63) is 30.1 Å². The summed E-state index contributed by atoms with van der Waals surface area (Å²) in [6.45, 7) is -0.657. The Morgan fingerprint density at radius 1 is 1.33 bits per heavy atom. The van der Waals surface area contributed by atoms with Gasteiger partial charge in [0.15, 0.2) is 11.9 Å². The predicted octanol–water partition coefficient (Wildman–Crippen LogP) is -0.970. The highest BCUT2D eigenvalue weighted by Crippen LogP contribution is 2.35. The van der Waals surface area contributed by atoms with Gasteiger partial charge >= 0.3 is 0 Å².